The predicted octanol–water partition coefficient (Wildman–Crippen LogP) is 2.52. The summed E-state index contributed by atoms with van der Waals surface area (Å²) in [6.07, 6.45) is 3.12. The molecule has 17 nitrogen and oxygen atoms in total. The number of aliphatic hydroxyl groups excluding tert-OH is 4. The number of allylic oxidation sites excluding steroid dienone is 1. The highest BCUT2D eigenvalue weighted by Crippen LogP contribution is 2.51. The fraction of sp³-hybridized carbons (Fsp3) is 0.404. The van der Waals surface area contributed by atoms with Crippen molar-refractivity contribution in [1.29, 1.82) is 0 Å². The lowest BCUT2D eigenvalue weighted by atomic mass is 9.66. The quantitative estimate of drug-likeness (QED) is 0.0429. The minimum atomic E-state index is -2.43. The van der Waals surface area contributed by atoms with Gasteiger partial charge in [-0.2, -0.15) is 0 Å². The summed E-state index contributed by atoms with van der Waals surface area (Å²) < 4.78 is 15.6. The highest BCUT2D eigenvalue weighted by molar-refractivity contribution is 5.92. The second-order valence-corrected chi connectivity index (χ2v) is 17.6. The van der Waals surface area contributed by atoms with E-state index in [1.807, 2.05) is 36.3 Å². The van der Waals surface area contributed by atoms with Crippen molar-refractivity contribution >= 4 is 38.6 Å². The van der Waals surface area contributed by atoms with Crippen LogP contribution in [0.5, 0.6) is 17.2 Å². The summed E-state index contributed by atoms with van der Waals surface area (Å²) in [4.78, 5) is 41.9. The van der Waals surface area contributed by atoms with Gasteiger partial charge in [0.05, 0.1) is 17.5 Å². The lowest BCUT2D eigenvalue weighted by Crippen LogP contribution is -2.62. The Bertz CT molecular complexity index is 2790. The Morgan fingerprint density at radius 3 is 2.59 bits per heavy atom. The molecule has 1 aliphatic carbocycles. The summed E-state index contributed by atoms with van der Waals surface area (Å²) in [6, 6.07) is 12.2. The van der Waals surface area contributed by atoms with E-state index in [0.29, 0.717) is 76.0 Å². The number of phenols is 2. The molecule has 3 aromatic heterocycles. The third-order valence-corrected chi connectivity index (χ3v) is 13.3. The number of ether oxygens (including phenoxy) is 1. The van der Waals surface area contributed by atoms with Crippen molar-refractivity contribution in [3.63, 3.8) is 0 Å². The van der Waals surface area contributed by atoms with Crippen LogP contribution >= 0.6 is 0 Å². The average molecular weight is 881 g/mol. The first-order chi connectivity index (χ1) is 30.7. The summed E-state index contributed by atoms with van der Waals surface area (Å²) in [5.41, 5.74) is -1.35. The van der Waals surface area contributed by atoms with Crippen LogP contribution in [0.3, 0.4) is 0 Å². The molecule has 338 valence electrons. The van der Waals surface area contributed by atoms with Crippen molar-refractivity contribution < 1.29 is 59.5 Å². The Balaban J connectivity index is 1.15. The number of H-pyrrole nitrogens is 1. The normalized spacial score (nSPS) is 24.5. The number of aromatic amines is 1. The Kier molecular flexibility index (Phi) is 11.5. The number of hydrogen-bond donors (Lipinski definition) is 10. The third kappa shape index (κ3) is 7.71. The zero-order valence-electron chi connectivity index (χ0n) is 35.2. The van der Waals surface area contributed by atoms with Crippen LogP contribution < -0.4 is 20.8 Å². The van der Waals surface area contributed by atoms with Crippen LogP contribution in [0.2, 0.25) is 0 Å². The topological polar surface area (TPSA) is 261 Å². The molecule has 0 radical (unpaired) electrons. The smallest absolute Gasteiger partial charge is 0.220 e. The van der Waals surface area contributed by atoms with Gasteiger partial charge in [-0.25, -0.2) is 9.78 Å². The molecular formula is C47H52N4O13. The molecule has 5 heterocycles. The number of benzene rings is 3. The van der Waals surface area contributed by atoms with Crippen molar-refractivity contribution in [2.75, 3.05) is 33.4 Å². The van der Waals surface area contributed by atoms with Crippen LogP contribution in [0.15, 0.2) is 88.5 Å². The zero-order valence-corrected chi connectivity index (χ0v) is 35.2. The Labute approximate surface area is 366 Å². The van der Waals surface area contributed by atoms with Crippen molar-refractivity contribution in [2.45, 2.75) is 68.2 Å². The number of hydrogen-bond acceptors (Lipinski definition) is 14. The number of nitrogens with one attached hydrogen (secondary N) is 3. The van der Waals surface area contributed by atoms with Gasteiger partial charge >= 0.3 is 0 Å². The van der Waals surface area contributed by atoms with E-state index < -0.39 is 55.3 Å². The van der Waals surface area contributed by atoms with Gasteiger partial charge in [-0.1, -0.05) is 18.2 Å². The number of amides is 1. The Morgan fingerprint density at radius 1 is 1.02 bits per heavy atom. The molecule has 9 atom stereocenters. The molecule has 3 aromatic carbocycles. The van der Waals surface area contributed by atoms with Crippen molar-refractivity contribution in [2.24, 2.45) is 17.8 Å². The first-order valence-electron chi connectivity index (χ1n) is 21.4. The molecule has 0 saturated carbocycles. The van der Waals surface area contributed by atoms with Crippen molar-refractivity contribution in [1.82, 2.24) is 20.2 Å². The first kappa shape index (κ1) is 43.5. The van der Waals surface area contributed by atoms with Crippen molar-refractivity contribution in [3.8, 4) is 22.9 Å². The number of aliphatic hydroxyl groups is 5. The van der Waals surface area contributed by atoms with E-state index in [0.717, 1.165) is 10.9 Å². The standard InChI is InChI=1S/C47H52N4O13/c1-24-11-37(55)34-12-28-13-39(64-61-23-46(60,45(59)42(58)38(56)22-52)16-26-4-8-36(54)32-7-6-31(53)15-33(26)32)47(17-25(3-5-30(47)19-48-2)29-14-40(57)50-18-29)63-43(28)41(44(34)62-24)51-20-27-9-10-49-35(27)21-51/h3-12,15,20-21,25,29-30,38-39,42,45,48-49,52-54,56,58-60H,13-14,16-19,22-23H2,1-2H3,(H,50,57)/t25-,29+,30+,38-,39-,42-,45+,46+,47+/m1/s1. The van der Waals surface area contributed by atoms with E-state index in [-0.39, 0.29) is 47.0 Å². The number of aromatic nitrogens is 2. The largest absolute Gasteiger partial charge is 0.508 e. The molecule has 0 unspecified atom stereocenters. The highest BCUT2D eigenvalue weighted by Gasteiger charge is 2.56. The van der Waals surface area contributed by atoms with Gasteiger partial charge in [0, 0.05) is 79.3 Å². The van der Waals surface area contributed by atoms with E-state index in [2.05, 4.69) is 27.8 Å². The molecule has 10 N–H and O–H groups in total. The van der Waals surface area contributed by atoms with Gasteiger partial charge < -0.3 is 65.1 Å². The molecule has 1 spiro atoms. The summed E-state index contributed by atoms with van der Waals surface area (Å²) in [6.45, 7) is 0.853. The van der Waals surface area contributed by atoms with Crippen LogP contribution in [-0.4, -0.2) is 120 Å². The maximum absolute atomic E-state index is 13.7. The van der Waals surface area contributed by atoms with E-state index in [1.165, 1.54) is 36.4 Å². The maximum Gasteiger partial charge on any atom is 0.220 e. The molecule has 3 aliphatic rings. The highest BCUT2D eigenvalue weighted by atomic mass is 17.2. The molecule has 1 saturated heterocycles. The number of carbonyl (C=O) groups excluding carboxylic acids is 1. The first-order valence-corrected chi connectivity index (χ1v) is 21.4. The molecule has 0 bridgehead atoms. The number of carbonyl (C=O) groups is 1. The van der Waals surface area contributed by atoms with Gasteiger partial charge in [-0.05, 0) is 79.6 Å². The lowest BCUT2D eigenvalue weighted by molar-refractivity contribution is -0.376. The number of rotatable bonds is 14. The van der Waals surface area contributed by atoms with Crippen LogP contribution in [0.1, 0.15) is 29.7 Å². The van der Waals surface area contributed by atoms with Gasteiger partial charge in [0.15, 0.2) is 16.8 Å². The van der Waals surface area contributed by atoms with Gasteiger partial charge in [-0.3, -0.25) is 9.59 Å². The number of phenolic OH excluding ortho intramolecular Hbond substituents is 2. The number of fused-ring (bicyclic) bond motifs is 4. The van der Waals surface area contributed by atoms with Gasteiger partial charge in [-0.15, -0.1) is 0 Å². The predicted molar refractivity (Wildman–Crippen MR) is 233 cm³/mol. The van der Waals surface area contributed by atoms with Crippen LogP contribution in [0.4, 0.5) is 0 Å². The summed E-state index contributed by atoms with van der Waals surface area (Å²) >= 11 is 0. The monoisotopic (exact) mass is 880 g/mol. The van der Waals surface area contributed by atoms with E-state index >= 15 is 0 Å². The molecule has 1 fully saturated rings. The molecule has 2 aliphatic heterocycles. The molecule has 17 heteroatoms. The van der Waals surface area contributed by atoms with Crippen LogP contribution in [0.25, 0.3) is 38.3 Å². The van der Waals surface area contributed by atoms with Crippen LogP contribution in [0, 0.1) is 24.7 Å². The van der Waals surface area contributed by atoms with Gasteiger partial charge in [0.1, 0.15) is 65.2 Å². The summed E-state index contributed by atoms with van der Waals surface area (Å²) in [7, 11) is 1.81. The second-order valence-electron chi connectivity index (χ2n) is 17.6. The lowest BCUT2D eigenvalue weighted by Gasteiger charge is -2.51. The molecule has 6 aromatic rings. The van der Waals surface area contributed by atoms with Crippen LogP contribution in [-0.2, 0) is 27.4 Å². The van der Waals surface area contributed by atoms with E-state index in [1.54, 1.807) is 13.0 Å². The SMILES string of the molecule is CNC[C@@H]1C=C[C@@H]([C@@H]2CNC(=O)C2)C[C@]12Oc1c(cc3c(=O)cc(C)oc3c1-n1cc3cc[nH]c3c1)C[C@H]2OOC[C@@](O)(Cc1ccc(O)c2ccc(O)cc12)[C@@H](O)[C@H](O)[C@H](O)CO. The van der Waals surface area contributed by atoms with Gasteiger partial charge in [0.25, 0.3) is 0 Å². The molecule has 64 heavy (non-hydrogen) atoms. The molecule has 9 rings (SSSR count). The third-order valence-electron chi connectivity index (χ3n) is 13.3. The zero-order chi connectivity index (χ0) is 45.1. The number of aryl methyl sites for hydroxylation is 1. The second kappa shape index (κ2) is 17.0. The van der Waals surface area contributed by atoms with E-state index in [4.69, 9.17) is 18.9 Å². The summed E-state index contributed by atoms with van der Waals surface area (Å²) in [5.74, 6) is -0.0413. The van der Waals surface area contributed by atoms with Gasteiger partial charge in [0.2, 0.25) is 5.91 Å². The fourth-order valence-electron chi connectivity index (χ4n) is 9.93. The Hall–Kier alpha value is -5.76. The van der Waals surface area contributed by atoms with Crippen molar-refractivity contribution in [3.05, 3.63) is 106 Å². The minimum absolute atomic E-state index is 0.0544. The number of aromatic hydroxyl groups is 2. The molecule has 1 amide bonds. The average Bonchev–Trinajstić information content (AvgIpc) is 4.02. The minimum Gasteiger partial charge on any atom is -0.508 e. The maximum atomic E-state index is 13.7. The Morgan fingerprint density at radius 2 is 1.84 bits per heavy atom. The van der Waals surface area contributed by atoms with E-state index in [9.17, 15) is 45.3 Å². The number of nitrogens with zero attached hydrogens (tertiary/aromatic N) is 1. The fourth-order valence-corrected chi connectivity index (χ4v) is 9.93. The summed E-state index contributed by atoms with van der Waals surface area (Å²) in [5, 5.41) is 84.1. The molecular weight excluding hydrogens is 829 g/mol.